The molecule has 2 rings (SSSR count). The highest BCUT2D eigenvalue weighted by molar-refractivity contribution is 6.02. The van der Waals surface area contributed by atoms with Crippen LogP contribution in [0.5, 0.6) is 0 Å². The quantitative estimate of drug-likeness (QED) is 0.526. The molecule has 0 aliphatic carbocycles. The van der Waals surface area contributed by atoms with Crippen molar-refractivity contribution in [2.45, 2.75) is 25.3 Å². The summed E-state index contributed by atoms with van der Waals surface area (Å²) in [5.74, 6) is -0.826. The summed E-state index contributed by atoms with van der Waals surface area (Å²) in [6.45, 7) is 0.640. The first-order valence-electron chi connectivity index (χ1n) is 4.78. The Morgan fingerprint density at radius 3 is 2.50 bits per heavy atom. The SMILES string of the molecule is O=C1CCC(C2NCCC2=O)C(=O)N1. The number of hydrogen-bond acceptors (Lipinski definition) is 4. The van der Waals surface area contributed by atoms with E-state index in [1.165, 1.54) is 0 Å². The van der Waals surface area contributed by atoms with Gasteiger partial charge in [-0.3, -0.25) is 19.7 Å². The van der Waals surface area contributed by atoms with Crippen LogP contribution in [-0.4, -0.2) is 30.2 Å². The Morgan fingerprint density at radius 2 is 1.93 bits per heavy atom. The molecule has 2 aliphatic rings. The molecule has 0 bridgehead atoms. The fraction of sp³-hybridized carbons (Fsp3) is 0.667. The molecule has 2 aliphatic heterocycles. The monoisotopic (exact) mass is 196 g/mol. The summed E-state index contributed by atoms with van der Waals surface area (Å²) in [5.41, 5.74) is 0. The Morgan fingerprint density at radius 1 is 1.14 bits per heavy atom. The highest BCUT2D eigenvalue weighted by Gasteiger charge is 2.38. The Balaban J connectivity index is 2.07. The molecule has 0 aromatic heterocycles. The molecule has 0 radical (unpaired) electrons. The summed E-state index contributed by atoms with van der Waals surface area (Å²) in [6, 6.07) is -0.372. The zero-order chi connectivity index (χ0) is 10.1. The number of amides is 2. The minimum atomic E-state index is -0.372. The standard InChI is InChI=1S/C9H12N2O3/c12-6-3-4-10-8(6)5-1-2-7(13)11-9(5)14/h5,8,10H,1-4H2,(H,11,13,14). The van der Waals surface area contributed by atoms with Crippen LogP contribution in [0.25, 0.3) is 0 Å². The number of piperidine rings is 1. The Kier molecular flexibility index (Phi) is 2.33. The molecule has 2 N–H and O–H groups in total. The smallest absolute Gasteiger partial charge is 0.231 e. The summed E-state index contributed by atoms with van der Waals surface area (Å²) in [6.07, 6.45) is 1.30. The van der Waals surface area contributed by atoms with Crippen LogP contribution in [0.2, 0.25) is 0 Å². The van der Waals surface area contributed by atoms with E-state index in [4.69, 9.17) is 0 Å². The van der Waals surface area contributed by atoms with Crippen molar-refractivity contribution in [3.8, 4) is 0 Å². The Hall–Kier alpha value is -1.23. The van der Waals surface area contributed by atoms with Gasteiger partial charge in [-0.25, -0.2) is 0 Å². The number of carbonyl (C=O) groups is 3. The molecule has 2 fully saturated rings. The van der Waals surface area contributed by atoms with Crippen LogP contribution >= 0.6 is 0 Å². The second-order valence-corrected chi connectivity index (χ2v) is 3.71. The molecule has 14 heavy (non-hydrogen) atoms. The van der Waals surface area contributed by atoms with E-state index in [9.17, 15) is 14.4 Å². The first-order chi connectivity index (χ1) is 6.68. The highest BCUT2D eigenvalue weighted by Crippen LogP contribution is 2.20. The summed E-state index contributed by atoms with van der Waals surface area (Å²) >= 11 is 0. The maximum atomic E-state index is 11.4. The average molecular weight is 196 g/mol. The molecule has 0 saturated carbocycles. The summed E-state index contributed by atoms with van der Waals surface area (Å²) in [7, 11) is 0. The van der Waals surface area contributed by atoms with Gasteiger partial charge in [0.25, 0.3) is 0 Å². The Bertz CT molecular complexity index is 300. The molecule has 2 saturated heterocycles. The van der Waals surface area contributed by atoms with Gasteiger partial charge in [0.15, 0.2) is 5.78 Å². The van der Waals surface area contributed by atoms with Crippen molar-refractivity contribution in [1.29, 1.82) is 0 Å². The van der Waals surface area contributed by atoms with E-state index in [0.29, 0.717) is 25.8 Å². The predicted octanol–water partition coefficient (Wildman–Crippen LogP) is -1.03. The van der Waals surface area contributed by atoms with Crippen LogP contribution in [0.1, 0.15) is 19.3 Å². The number of Topliss-reactive ketones (excluding diaryl/α,β-unsaturated/α-hetero) is 1. The molecule has 5 nitrogen and oxygen atoms in total. The van der Waals surface area contributed by atoms with Crippen molar-refractivity contribution in [2.75, 3.05) is 6.54 Å². The van der Waals surface area contributed by atoms with Gasteiger partial charge in [-0.1, -0.05) is 0 Å². The fourth-order valence-electron chi connectivity index (χ4n) is 2.02. The zero-order valence-corrected chi connectivity index (χ0v) is 7.71. The maximum Gasteiger partial charge on any atom is 0.231 e. The first-order valence-corrected chi connectivity index (χ1v) is 4.78. The van der Waals surface area contributed by atoms with E-state index in [1.54, 1.807) is 0 Å². The largest absolute Gasteiger partial charge is 0.306 e. The third-order valence-corrected chi connectivity index (χ3v) is 2.77. The topological polar surface area (TPSA) is 75.3 Å². The van der Waals surface area contributed by atoms with Gasteiger partial charge in [0, 0.05) is 19.4 Å². The number of hydrogen-bond donors (Lipinski definition) is 2. The van der Waals surface area contributed by atoms with E-state index < -0.39 is 0 Å². The van der Waals surface area contributed by atoms with E-state index in [0.717, 1.165) is 0 Å². The third-order valence-electron chi connectivity index (χ3n) is 2.77. The molecular formula is C9H12N2O3. The van der Waals surface area contributed by atoms with E-state index >= 15 is 0 Å². The van der Waals surface area contributed by atoms with Crippen LogP contribution in [0.3, 0.4) is 0 Å². The number of imide groups is 1. The van der Waals surface area contributed by atoms with Crippen LogP contribution in [0.4, 0.5) is 0 Å². The van der Waals surface area contributed by atoms with Crippen molar-refractivity contribution in [2.24, 2.45) is 5.92 Å². The molecular weight excluding hydrogens is 184 g/mol. The van der Waals surface area contributed by atoms with Gasteiger partial charge in [-0.2, -0.15) is 0 Å². The number of ketones is 1. The average Bonchev–Trinajstić information content (AvgIpc) is 2.52. The molecule has 2 heterocycles. The lowest BCUT2D eigenvalue weighted by atomic mass is 9.89. The van der Waals surface area contributed by atoms with Gasteiger partial charge in [0.1, 0.15) is 0 Å². The second-order valence-electron chi connectivity index (χ2n) is 3.71. The molecule has 0 aromatic rings. The number of nitrogens with one attached hydrogen (secondary N) is 2. The predicted molar refractivity (Wildman–Crippen MR) is 47.3 cm³/mol. The molecule has 2 amide bonds. The number of carbonyl (C=O) groups excluding carboxylic acids is 3. The van der Waals surface area contributed by atoms with Gasteiger partial charge in [0.05, 0.1) is 12.0 Å². The van der Waals surface area contributed by atoms with Crippen molar-refractivity contribution < 1.29 is 14.4 Å². The van der Waals surface area contributed by atoms with Gasteiger partial charge in [0.2, 0.25) is 11.8 Å². The third kappa shape index (κ3) is 1.55. The normalized spacial score (nSPS) is 33.3. The lowest BCUT2D eigenvalue weighted by Crippen LogP contribution is -2.49. The summed E-state index contributed by atoms with van der Waals surface area (Å²) in [4.78, 5) is 33.7. The van der Waals surface area contributed by atoms with Gasteiger partial charge in [-0.05, 0) is 6.42 Å². The minimum Gasteiger partial charge on any atom is -0.306 e. The van der Waals surface area contributed by atoms with Gasteiger partial charge < -0.3 is 5.32 Å². The lowest BCUT2D eigenvalue weighted by Gasteiger charge is -2.24. The Labute approximate surface area is 81.2 Å². The molecule has 0 spiro atoms. The molecule has 76 valence electrons. The van der Waals surface area contributed by atoms with Crippen LogP contribution in [0, 0.1) is 5.92 Å². The van der Waals surface area contributed by atoms with Crippen molar-refractivity contribution >= 4 is 17.6 Å². The maximum absolute atomic E-state index is 11.4. The van der Waals surface area contributed by atoms with E-state index in [2.05, 4.69) is 10.6 Å². The second kappa shape index (κ2) is 3.49. The molecule has 2 atom stereocenters. The number of rotatable bonds is 1. The highest BCUT2D eigenvalue weighted by atomic mass is 16.2. The minimum absolute atomic E-state index is 0.0829. The van der Waals surface area contributed by atoms with Crippen LogP contribution in [0.15, 0.2) is 0 Å². The zero-order valence-electron chi connectivity index (χ0n) is 7.71. The molecule has 0 aromatic carbocycles. The molecule has 5 heteroatoms. The van der Waals surface area contributed by atoms with Crippen molar-refractivity contribution in [1.82, 2.24) is 10.6 Å². The summed E-state index contributed by atoms with van der Waals surface area (Å²) in [5, 5.41) is 5.26. The van der Waals surface area contributed by atoms with Gasteiger partial charge in [-0.15, -0.1) is 0 Å². The van der Waals surface area contributed by atoms with Crippen molar-refractivity contribution in [3.63, 3.8) is 0 Å². The van der Waals surface area contributed by atoms with Crippen molar-refractivity contribution in [3.05, 3.63) is 0 Å². The fourth-order valence-corrected chi connectivity index (χ4v) is 2.02. The summed E-state index contributed by atoms with van der Waals surface area (Å²) < 4.78 is 0. The van der Waals surface area contributed by atoms with Gasteiger partial charge >= 0.3 is 0 Å². The first kappa shape index (κ1) is 9.33. The van der Waals surface area contributed by atoms with Crippen LogP contribution < -0.4 is 10.6 Å². The van der Waals surface area contributed by atoms with Crippen LogP contribution in [-0.2, 0) is 14.4 Å². The van der Waals surface area contributed by atoms with E-state index in [1.807, 2.05) is 0 Å². The lowest BCUT2D eigenvalue weighted by molar-refractivity contribution is -0.139. The molecule has 2 unspecified atom stereocenters. The van der Waals surface area contributed by atoms with E-state index in [-0.39, 0.29) is 29.6 Å².